The van der Waals surface area contributed by atoms with Gasteiger partial charge in [-0.05, 0) is 60.5 Å². The summed E-state index contributed by atoms with van der Waals surface area (Å²) in [4.78, 5) is 32.5. The number of carbonyl (C=O) groups is 1. The SMILES string of the molecule is O=C(NCc1ccc2cc(CNCC3CCC3)[nH]c2c1)c1cc(=O)n2ccccc2n1. The maximum absolute atomic E-state index is 12.5. The molecule has 1 saturated carbocycles. The van der Waals surface area contributed by atoms with E-state index >= 15 is 0 Å². The first-order valence-electron chi connectivity index (χ1n) is 10.7. The van der Waals surface area contributed by atoms with Gasteiger partial charge in [0.05, 0.1) is 0 Å². The van der Waals surface area contributed by atoms with Crippen molar-refractivity contribution in [1.82, 2.24) is 25.0 Å². The van der Waals surface area contributed by atoms with Gasteiger partial charge in [-0.25, -0.2) is 4.98 Å². The summed E-state index contributed by atoms with van der Waals surface area (Å²) >= 11 is 0. The summed E-state index contributed by atoms with van der Waals surface area (Å²) in [6.07, 6.45) is 5.69. The van der Waals surface area contributed by atoms with E-state index in [2.05, 4.69) is 32.7 Å². The summed E-state index contributed by atoms with van der Waals surface area (Å²) in [5.74, 6) is 0.476. The lowest BCUT2D eigenvalue weighted by Crippen LogP contribution is -2.27. The Morgan fingerprint density at radius 1 is 1.13 bits per heavy atom. The zero-order valence-corrected chi connectivity index (χ0v) is 17.2. The van der Waals surface area contributed by atoms with Gasteiger partial charge in [0.15, 0.2) is 0 Å². The minimum atomic E-state index is -0.365. The molecule has 3 aromatic heterocycles. The molecular formula is C24H25N5O2. The van der Waals surface area contributed by atoms with Crippen molar-refractivity contribution in [2.75, 3.05) is 6.54 Å². The predicted octanol–water partition coefficient (Wildman–Crippen LogP) is 3.00. The van der Waals surface area contributed by atoms with Crippen molar-refractivity contribution in [2.24, 2.45) is 5.92 Å². The van der Waals surface area contributed by atoms with Crippen LogP contribution in [-0.2, 0) is 13.1 Å². The van der Waals surface area contributed by atoms with Gasteiger partial charge in [-0.2, -0.15) is 0 Å². The zero-order valence-electron chi connectivity index (χ0n) is 17.2. The highest BCUT2D eigenvalue weighted by Gasteiger charge is 2.16. The first-order chi connectivity index (χ1) is 15.2. The molecular weight excluding hydrogens is 390 g/mol. The maximum Gasteiger partial charge on any atom is 0.270 e. The van der Waals surface area contributed by atoms with E-state index < -0.39 is 0 Å². The molecule has 158 valence electrons. The monoisotopic (exact) mass is 415 g/mol. The number of amides is 1. The Morgan fingerprint density at radius 2 is 2.03 bits per heavy atom. The number of H-pyrrole nitrogens is 1. The van der Waals surface area contributed by atoms with Crippen LogP contribution in [0, 0.1) is 5.92 Å². The van der Waals surface area contributed by atoms with Crippen LogP contribution in [0.1, 0.15) is 41.0 Å². The molecule has 0 radical (unpaired) electrons. The number of fused-ring (bicyclic) bond motifs is 2. The molecule has 0 spiro atoms. The van der Waals surface area contributed by atoms with Gasteiger partial charge in [0.2, 0.25) is 0 Å². The van der Waals surface area contributed by atoms with E-state index in [0.29, 0.717) is 12.2 Å². The number of hydrogen-bond acceptors (Lipinski definition) is 4. The highest BCUT2D eigenvalue weighted by molar-refractivity contribution is 5.92. The third kappa shape index (κ3) is 4.22. The molecule has 1 aliphatic rings. The minimum Gasteiger partial charge on any atom is -0.357 e. The second-order valence-corrected chi connectivity index (χ2v) is 8.24. The van der Waals surface area contributed by atoms with Crippen LogP contribution in [-0.4, -0.2) is 26.8 Å². The highest BCUT2D eigenvalue weighted by Crippen LogP contribution is 2.25. The fourth-order valence-corrected chi connectivity index (χ4v) is 3.99. The van der Waals surface area contributed by atoms with Crippen LogP contribution < -0.4 is 16.2 Å². The average molecular weight is 415 g/mol. The first kappa shape index (κ1) is 19.5. The topological polar surface area (TPSA) is 91.3 Å². The van der Waals surface area contributed by atoms with Gasteiger partial charge in [-0.3, -0.25) is 14.0 Å². The Kier molecular flexibility index (Phi) is 5.26. The first-order valence-corrected chi connectivity index (χ1v) is 10.7. The number of carbonyl (C=O) groups excluding carboxylic acids is 1. The van der Waals surface area contributed by atoms with Crippen molar-refractivity contribution in [1.29, 1.82) is 0 Å². The summed E-state index contributed by atoms with van der Waals surface area (Å²) in [5, 5.41) is 7.55. The van der Waals surface area contributed by atoms with Crippen molar-refractivity contribution in [2.45, 2.75) is 32.4 Å². The molecule has 5 rings (SSSR count). The molecule has 1 aromatic carbocycles. The van der Waals surface area contributed by atoms with Gasteiger partial charge in [0.1, 0.15) is 11.3 Å². The van der Waals surface area contributed by atoms with Crippen LogP contribution in [0.4, 0.5) is 0 Å². The Bertz CT molecular complexity index is 1300. The van der Waals surface area contributed by atoms with Crippen molar-refractivity contribution in [3.05, 3.63) is 82.0 Å². The van der Waals surface area contributed by atoms with Crippen LogP contribution in [0.3, 0.4) is 0 Å². The number of aromatic amines is 1. The van der Waals surface area contributed by atoms with Crippen LogP contribution in [0.25, 0.3) is 16.6 Å². The summed E-state index contributed by atoms with van der Waals surface area (Å²) in [5.41, 5.74) is 3.49. The van der Waals surface area contributed by atoms with Crippen LogP contribution in [0.2, 0.25) is 0 Å². The number of pyridine rings is 1. The average Bonchev–Trinajstić information content (AvgIpc) is 3.15. The fraction of sp³-hybridized carbons (Fsp3) is 0.292. The van der Waals surface area contributed by atoms with Crippen molar-refractivity contribution in [3.8, 4) is 0 Å². The molecule has 3 heterocycles. The molecule has 4 aromatic rings. The molecule has 1 amide bonds. The lowest BCUT2D eigenvalue weighted by Gasteiger charge is -2.25. The Hall–Kier alpha value is -3.45. The van der Waals surface area contributed by atoms with E-state index in [1.165, 1.54) is 29.7 Å². The molecule has 31 heavy (non-hydrogen) atoms. The molecule has 1 aliphatic carbocycles. The molecule has 3 N–H and O–H groups in total. The predicted molar refractivity (Wildman–Crippen MR) is 120 cm³/mol. The number of rotatable bonds is 7. The van der Waals surface area contributed by atoms with Gasteiger partial charge < -0.3 is 15.6 Å². The smallest absolute Gasteiger partial charge is 0.270 e. The summed E-state index contributed by atoms with van der Waals surface area (Å²) in [6, 6.07) is 14.8. The van der Waals surface area contributed by atoms with Gasteiger partial charge in [0.25, 0.3) is 11.5 Å². The van der Waals surface area contributed by atoms with Gasteiger partial charge in [-0.15, -0.1) is 0 Å². The van der Waals surface area contributed by atoms with E-state index in [0.717, 1.165) is 41.2 Å². The Morgan fingerprint density at radius 3 is 2.87 bits per heavy atom. The van der Waals surface area contributed by atoms with E-state index in [4.69, 9.17) is 0 Å². The summed E-state index contributed by atoms with van der Waals surface area (Å²) in [6.45, 7) is 2.28. The fourth-order valence-electron chi connectivity index (χ4n) is 3.99. The largest absolute Gasteiger partial charge is 0.357 e. The van der Waals surface area contributed by atoms with Crippen LogP contribution in [0.5, 0.6) is 0 Å². The molecule has 0 saturated heterocycles. The second-order valence-electron chi connectivity index (χ2n) is 8.24. The van der Waals surface area contributed by atoms with Gasteiger partial charge >= 0.3 is 0 Å². The van der Waals surface area contributed by atoms with Gasteiger partial charge in [-0.1, -0.05) is 24.6 Å². The van der Waals surface area contributed by atoms with Crippen LogP contribution in [0.15, 0.2) is 59.5 Å². The summed E-state index contributed by atoms with van der Waals surface area (Å²) in [7, 11) is 0. The van der Waals surface area contributed by atoms with Crippen LogP contribution >= 0.6 is 0 Å². The number of nitrogens with zero attached hydrogens (tertiary/aromatic N) is 2. The van der Waals surface area contributed by atoms with Gasteiger partial charge in [0, 0.05) is 36.6 Å². The maximum atomic E-state index is 12.5. The van der Waals surface area contributed by atoms with Crippen molar-refractivity contribution in [3.63, 3.8) is 0 Å². The van der Waals surface area contributed by atoms with Crippen molar-refractivity contribution < 1.29 is 4.79 Å². The molecule has 0 atom stereocenters. The zero-order chi connectivity index (χ0) is 21.2. The third-order valence-electron chi connectivity index (χ3n) is 5.97. The molecule has 1 fully saturated rings. The molecule has 7 nitrogen and oxygen atoms in total. The number of benzene rings is 1. The Balaban J connectivity index is 1.23. The quantitative estimate of drug-likeness (QED) is 0.433. The third-order valence-corrected chi connectivity index (χ3v) is 5.97. The number of nitrogens with one attached hydrogen (secondary N) is 3. The molecule has 0 bridgehead atoms. The van der Waals surface area contributed by atoms with E-state index in [9.17, 15) is 9.59 Å². The molecule has 7 heteroatoms. The number of aromatic nitrogens is 3. The normalized spacial score (nSPS) is 14.1. The second kappa shape index (κ2) is 8.35. The molecule has 0 aliphatic heterocycles. The minimum absolute atomic E-state index is 0.122. The van der Waals surface area contributed by atoms with E-state index in [1.54, 1.807) is 24.4 Å². The molecule has 0 unspecified atom stereocenters. The lowest BCUT2D eigenvalue weighted by atomic mass is 9.85. The van der Waals surface area contributed by atoms with E-state index in [-0.39, 0.29) is 17.2 Å². The number of hydrogen-bond donors (Lipinski definition) is 3. The highest BCUT2D eigenvalue weighted by atomic mass is 16.2. The summed E-state index contributed by atoms with van der Waals surface area (Å²) < 4.78 is 1.41. The van der Waals surface area contributed by atoms with E-state index in [1.807, 2.05) is 12.1 Å². The standard InChI is InChI=1S/C24H25N5O2/c30-23-12-21(28-22-6-1-2-9-29(22)23)24(31)26-14-17-7-8-18-11-19(27-20(18)10-17)15-25-13-16-4-3-5-16/h1-2,6-12,16,25,27H,3-5,13-15H2,(H,26,31). The lowest BCUT2D eigenvalue weighted by molar-refractivity contribution is 0.0946. The Labute approximate surface area is 179 Å². The van der Waals surface area contributed by atoms with Crippen molar-refractivity contribution >= 4 is 22.5 Å².